The third kappa shape index (κ3) is 2.61. The zero-order valence-electron chi connectivity index (χ0n) is 9.61. The number of nitrogens with two attached hydrogens (primary N) is 1. The molecule has 4 nitrogen and oxygen atoms in total. The predicted octanol–water partition coefficient (Wildman–Crippen LogP) is 2.01. The lowest BCUT2D eigenvalue weighted by atomic mass is 10.4. The molecule has 0 aliphatic carbocycles. The van der Waals surface area contributed by atoms with E-state index in [2.05, 4.69) is 11.0 Å². The second kappa shape index (κ2) is 5.99. The number of methoxy groups -OCH3 is 1. The van der Waals surface area contributed by atoms with Crippen molar-refractivity contribution in [2.75, 3.05) is 44.2 Å². The van der Waals surface area contributed by atoms with E-state index in [0.717, 1.165) is 16.4 Å². The van der Waals surface area contributed by atoms with Crippen LogP contribution in [0.4, 0.5) is 10.7 Å². The molecular weight excluding hydrogens is 242 g/mol. The van der Waals surface area contributed by atoms with E-state index in [9.17, 15) is 0 Å². The molecule has 0 atom stereocenters. The van der Waals surface area contributed by atoms with Gasteiger partial charge in [-0.05, 0) is 6.26 Å². The van der Waals surface area contributed by atoms with E-state index in [1.54, 1.807) is 18.9 Å². The van der Waals surface area contributed by atoms with Crippen LogP contribution in [0, 0.1) is 11.3 Å². The Morgan fingerprint density at radius 1 is 1.62 bits per heavy atom. The van der Waals surface area contributed by atoms with Crippen molar-refractivity contribution in [1.29, 1.82) is 5.26 Å². The number of hydrogen-bond acceptors (Lipinski definition) is 6. The maximum absolute atomic E-state index is 8.94. The molecule has 88 valence electrons. The van der Waals surface area contributed by atoms with Gasteiger partial charge in [0.25, 0.3) is 0 Å². The highest BCUT2D eigenvalue weighted by Gasteiger charge is 2.17. The maximum atomic E-state index is 8.94. The van der Waals surface area contributed by atoms with Crippen LogP contribution in [0.5, 0.6) is 0 Å². The number of thiophene rings is 1. The second-order valence-electron chi connectivity index (χ2n) is 3.21. The number of nitriles is 1. The van der Waals surface area contributed by atoms with E-state index in [0.29, 0.717) is 17.2 Å². The highest BCUT2D eigenvalue weighted by atomic mass is 32.2. The zero-order chi connectivity index (χ0) is 12.1. The van der Waals surface area contributed by atoms with Gasteiger partial charge in [0.05, 0.1) is 17.2 Å². The number of ether oxygens (including phenoxy) is 1. The number of anilines is 2. The van der Waals surface area contributed by atoms with Gasteiger partial charge in [0.1, 0.15) is 15.9 Å². The summed E-state index contributed by atoms with van der Waals surface area (Å²) in [6.45, 7) is 1.44. The third-order valence-electron chi connectivity index (χ3n) is 2.17. The predicted molar refractivity (Wildman–Crippen MR) is 70.4 cm³/mol. The molecule has 1 heterocycles. The Bertz CT molecular complexity index is 398. The minimum absolute atomic E-state index is 0.587. The summed E-state index contributed by atoms with van der Waals surface area (Å²) in [6.07, 6.45) is 1.97. The number of nitrogens with zero attached hydrogens (tertiary/aromatic N) is 2. The maximum Gasteiger partial charge on any atom is 0.131 e. The van der Waals surface area contributed by atoms with Crippen molar-refractivity contribution in [2.45, 2.75) is 4.90 Å². The molecule has 1 aromatic rings. The molecule has 1 rings (SSSR count). The topological polar surface area (TPSA) is 62.3 Å². The summed E-state index contributed by atoms with van der Waals surface area (Å²) in [7, 11) is 3.65. The zero-order valence-corrected chi connectivity index (χ0v) is 11.2. The Morgan fingerprint density at radius 3 is 2.81 bits per heavy atom. The number of nitrogen functional groups attached to an aromatic ring is 1. The van der Waals surface area contributed by atoms with Crippen LogP contribution >= 0.6 is 23.1 Å². The first-order chi connectivity index (χ1) is 7.65. The van der Waals surface area contributed by atoms with Crippen molar-refractivity contribution in [1.82, 2.24) is 0 Å². The molecule has 0 unspecified atom stereocenters. The van der Waals surface area contributed by atoms with Crippen LogP contribution in [0.3, 0.4) is 0 Å². The Labute approximate surface area is 104 Å². The van der Waals surface area contributed by atoms with Gasteiger partial charge in [-0.2, -0.15) is 5.26 Å². The van der Waals surface area contributed by atoms with Gasteiger partial charge in [0.2, 0.25) is 0 Å². The van der Waals surface area contributed by atoms with Crippen LogP contribution in [-0.4, -0.2) is 33.6 Å². The lowest BCUT2D eigenvalue weighted by Gasteiger charge is -2.17. The fraction of sp³-hybridized carbons (Fsp3) is 0.500. The van der Waals surface area contributed by atoms with Crippen LogP contribution in [0.15, 0.2) is 4.90 Å². The van der Waals surface area contributed by atoms with Crippen molar-refractivity contribution in [3.8, 4) is 6.07 Å². The second-order valence-corrected chi connectivity index (χ2v) is 5.02. The van der Waals surface area contributed by atoms with Crippen molar-refractivity contribution in [3.63, 3.8) is 0 Å². The van der Waals surface area contributed by atoms with E-state index >= 15 is 0 Å². The molecule has 0 aromatic carbocycles. The summed E-state index contributed by atoms with van der Waals surface area (Å²) in [6, 6.07) is 2.12. The Hall–Kier alpha value is -0.900. The molecule has 0 amide bonds. The first-order valence-corrected chi connectivity index (χ1v) is 6.76. The standard InChI is InChI=1S/C10H15N3OS2/c1-13(4-5-14-2)10-9(15-3)8(12)7(6-11)16-10/h4-5,12H2,1-3H3. The van der Waals surface area contributed by atoms with Crippen molar-refractivity contribution < 1.29 is 4.74 Å². The fourth-order valence-electron chi connectivity index (χ4n) is 1.28. The average molecular weight is 257 g/mol. The van der Waals surface area contributed by atoms with Gasteiger partial charge in [-0.25, -0.2) is 0 Å². The summed E-state index contributed by atoms with van der Waals surface area (Å²) in [4.78, 5) is 3.64. The van der Waals surface area contributed by atoms with Crippen molar-refractivity contribution in [3.05, 3.63) is 4.88 Å². The van der Waals surface area contributed by atoms with Gasteiger partial charge in [-0.3, -0.25) is 0 Å². The van der Waals surface area contributed by atoms with E-state index in [4.69, 9.17) is 15.7 Å². The fourth-order valence-corrected chi connectivity index (χ4v) is 3.27. The highest BCUT2D eigenvalue weighted by Crippen LogP contribution is 2.42. The van der Waals surface area contributed by atoms with Gasteiger partial charge in [-0.1, -0.05) is 0 Å². The number of rotatable bonds is 5. The van der Waals surface area contributed by atoms with Gasteiger partial charge in [0.15, 0.2) is 0 Å². The highest BCUT2D eigenvalue weighted by molar-refractivity contribution is 7.99. The van der Waals surface area contributed by atoms with E-state index in [1.807, 2.05) is 13.3 Å². The quantitative estimate of drug-likeness (QED) is 0.818. The summed E-state index contributed by atoms with van der Waals surface area (Å²) in [5, 5.41) is 9.98. The lowest BCUT2D eigenvalue weighted by molar-refractivity contribution is 0.206. The minimum atomic E-state index is 0.587. The molecular formula is C10H15N3OS2. The van der Waals surface area contributed by atoms with Crippen LogP contribution in [0.25, 0.3) is 0 Å². The minimum Gasteiger partial charge on any atom is -0.396 e. The largest absolute Gasteiger partial charge is 0.396 e. The lowest BCUT2D eigenvalue weighted by Crippen LogP contribution is -2.21. The molecule has 16 heavy (non-hydrogen) atoms. The number of thioether (sulfide) groups is 1. The smallest absolute Gasteiger partial charge is 0.131 e. The van der Waals surface area contributed by atoms with Crippen LogP contribution < -0.4 is 10.6 Å². The molecule has 6 heteroatoms. The Morgan fingerprint density at radius 2 is 2.31 bits per heavy atom. The first-order valence-electron chi connectivity index (χ1n) is 4.72. The Balaban J connectivity index is 2.99. The molecule has 0 aliphatic heterocycles. The van der Waals surface area contributed by atoms with Crippen molar-refractivity contribution >= 4 is 33.8 Å². The van der Waals surface area contributed by atoms with E-state index in [-0.39, 0.29) is 0 Å². The first kappa shape index (κ1) is 13.2. The molecule has 0 saturated heterocycles. The van der Waals surface area contributed by atoms with Gasteiger partial charge in [-0.15, -0.1) is 23.1 Å². The monoisotopic (exact) mass is 257 g/mol. The summed E-state index contributed by atoms with van der Waals surface area (Å²) in [5.74, 6) is 0. The summed E-state index contributed by atoms with van der Waals surface area (Å²) in [5.41, 5.74) is 6.50. The molecule has 0 radical (unpaired) electrons. The molecule has 0 spiro atoms. The van der Waals surface area contributed by atoms with Crippen LogP contribution in [-0.2, 0) is 4.74 Å². The number of likely N-dealkylation sites (N-methyl/N-ethyl adjacent to an activating group) is 1. The average Bonchev–Trinajstić information content (AvgIpc) is 2.62. The molecule has 0 aliphatic rings. The molecule has 2 N–H and O–H groups in total. The molecule has 0 saturated carbocycles. The van der Waals surface area contributed by atoms with E-state index < -0.39 is 0 Å². The number of hydrogen-bond donors (Lipinski definition) is 1. The van der Waals surface area contributed by atoms with Crippen LogP contribution in [0.2, 0.25) is 0 Å². The molecule has 0 bridgehead atoms. The van der Waals surface area contributed by atoms with Gasteiger partial charge in [0, 0.05) is 20.7 Å². The van der Waals surface area contributed by atoms with Crippen LogP contribution in [0.1, 0.15) is 4.88 Å². The van der Waals surface area contributed by atoms with E-state index in [1.165, 1.54) is 11.3 Å². The summed E-state index contributed by atoms with van der Waals surface area (Å²) < 4.78 is 5.03. The molecule has 0 fully saturated rings. The SMILES string of the molecule is COCCN(C)c1sc(C#N)c(N)c1SC. The van der Waals surface area contributed by atoms with Gasteiger partial charge >= 0.3 is 0 Å². The normalized spacial score (nSPS) is 10.1. The summed E-state index contributed by atoms with van der Waals surface area (Å²) >= 11 is 3.00. The Kier molecular flexibility index (Phi) is 4.93. The van der Waals surface area contributed by atoms with Crippen molar-refractivity contribution in [2.24, 2.45) is 0 Å². The third-order valence-corrected chi connectivity index (χ3v) is 4.34. The van der Waals surface area contributed by atoms with Gasteiger partial charge < -0.3 is 15.4 Å². The molecule has 1 aromatic heterocycles.